The molecule has 0 fully saturated rings. The molecule has 2 aromatic rings. The van der Waals surface area contributed by atoms with Gasteiger partial charge < -0.3 is 4.74 Å². The van der Waals surface area contributed by atoms with Gasteiger partial charge in [-0.15, -0.1) is 5.10 Å². The van der Waals surface area contributed by atoms with E-state index in [4.69, 9.17) is 4.74 Å². The molecular weight excluding hydrogens is 234 g/mol. The second kappa shape index (κ2) is 5.22. The van der Waals surface area contributed by atoms with Crippen LogP contribution in [0.15, 0.2) is 30.3 Å². The van der Waals surface area contributed by atoms with Crippen LogP contribution in [0.3, 0.4) is 0 Å². The first-order chi connectivity index (χ1) is 8.70. The maximum absolute atomic E-state index is 11.6. The number of aldehydes is 1. The number of hydrogen-bond donors (Lipinski definition) is 0. The molecule has 0 radical (unpaired) electrons. The third-order valence-electron chi connectivity index (χ3n) is 2.30. The number of rotatable bonds is 4. The molecule has 6 heteroatoms. The van der Waals surface area contributed by atoms with E-state index in [1.807, 2.05) is 30.3 Å². The van der Waals surface area contributed by atoms with Crippen LogP contribution in [-0.4, -0.2) is 27.0 Å². The molecule has 1 heterocycles. The Hall–Kier alpha value is -2.50. The Morgan fingerprint density at radius 2 is 2.11 bits per heavy atom. The first kappa shape index (κ1) is 12.0. The van der Waals surface area contributed by atoms with Crippen molar-refractivity contribution in [3.63, 3.8) is 0 Å². The van der Waals surface area contributed by atoms with Crippen molar-refractivity contribution in [2.75, 3.05) is 0 Å². The smallest absolute Gasteiger partial charge is 0.378 e. The molecule has 1 aromatic heterocycles. The third kappa shape index (κ3) is 2.60. The number of ether oxygens (including phenoxy) is 1. The fourth-order valence-corrected chi connectivity index (χ4v) is 1.37. The van der Waals surface area contributed by atoms with E-state index in [-0.39, 0.29) is 18.3 Å². The van der Waals surface area contributed by atoms with Gasteiger partial charge in [0.25, 0.3) is 5.82 Å². The first-order valence-corrected chi connectivity index (χ1v) is 5.28. The van der Waals surface area contributed by atoms with Gasteiger partial charge in [0.1, 0.15) is 6.61 Å². The largest absolute Gasteiger partial charge is 0.455 e. The van der Waals surface area contributed by atoms with Crippen LogP contribution in [0.5, 0.6) is 0 Å². The topological polar surface area (TPSA) is 74.1 Å². The summed E-state index contributed by atoms with van der Waals surface area (Å²) in [5.74, 6) is -0.681. The van der Waals surface area contributed by atoms with E-state index < -0.39 is 5.97 Å². The lowest BCUT2D eigenvalue weighted by Crippen LogP contribution is -2.08. The summed E-state index contributed by atoms with van der Waals surface area (Å²) in [6, 6.07) is 9.27. The lowest BCUT2D eigenvalue weighted by molar-refractivity contribution is 0.0458. The summed E-state index contributed by atoms with van der Waals surface area (Å²) in [6.07, 6.45) is 0.529. The normalized spacial score (nSPS) is 10.1. The van der Waals surface area contributed by atoms with Crippen LogP contribution in [0.25, 0.3) is 0 Å². The molecule has 0 amide bonds. The molecule has 0 spiro atoms. The second-order valence-corrected chi connectivity index (χ2v) is 3.60. The molecule has 0 aliphatic carbocycles. The van der Waals surface area contributed by atoms with E-state index in [2.05, 4.69) is 10.1 Å². The monoisotopic (exact) mass is 245 g/mol. The number of esters is 1. The summed E-state index contributed by atoms with van der Waals surface area (Å²) >= 11 is 0. The van der Waals surface area contributed by atoms with Gasteiger partial charge in [-0.05, 0) is 5.56 Å². The van der Waals surface area contributed by atoms with Gasteiger partial charge in [0.05, 0.1) is 0 Å². The quantitative estimate of drug-likeness (QED) is 0.593. The van der Waals surface area contributed by atoms with E-state index in [9.17, 15) is 9.59 Å². The van der Waals surface area contributed by atoms with Gasteiger partial charge in [0.15, 0.2) is 12.1 Å². The van der Waals surface area contributed by atoms with Crippen LogP contribution in [0.4, 0.5) is 0 Å². The Labute approximate surface area is 103 Å². The molecule has 92 valence electrons. The van der Waals surface area contributed by atoms with Crippen LogP contribution in [0, 0.1) is 0 Å². The van der Waals surface area contributed by atoms with Gasteiger partial charge in [-0.3, -0.25) is 4.79 Å². The van der Waals surface area contributed by atoms with Gasteiger partial charge in [-0.25, -0.2) is 9.48 Å². The van der Waals surface area contributed by atoms with Crippen LogP contribution < -0.4 is 0 Å². The third-order valence-corrected chi connectivity index (χ3v) is 2.30. The summed E-state index contributed by atoms with van der Waals surface area (Å²) in [6.45, 7) is 0.147. The Balaban J connectivity index is 2.01. The first-order valence-electron chi connectivity index (χ1n) is 5.28. The van der Waals surface area contributed by atoms with Gasteiger partial charge >= 0.3 is 5.97 Å². The van der Waals surface area contributed by atoms with Crippen LogP contribution in [0.2, 0.25) is 0 Å². The minimum Gasteiger partial charge on any atom is -0.455 e. The van der Waals surface area contributed by atoms with Crippen molar-refractivity contribution >= 4 is 12.3 Å². The maximum Gasteiger partial charge on any atom is 0.378 e. The van der Waals surface area contributed by atoms with Crippen LogP contribution in [0.1, 0.15) is 26.8 Å². The van der Waals surface area contributed by atoms with E-state index in [0.29, 0.717) is 6.29 Å². The van der Waals surface area contributed by atoms with Crippen LogP contribution >= 0.6 is 0 Å². The highest BCUT2D eigenvalue weighted by Crippen LogP contribution is 2.03. The Morgan fingerprint density at radius 1 is 1.39 bits per heavy atom. The van der Waals surface area contributed by atoms with E-state index in [1.165, 1.54) is 11.7 Å². The lowest BCUT2D eigenvalue weighted by Gasteiger charge is -2.01. The van der Waals surface area contributed by atoms with Crippen LogP contribution in [-0.2, 0) is 18.4 Å². The number of aryl methyl sites for hydroxylation is 1. The van der Waals surface area contributed by atoms with Crippen molar-refractivity contribution in [2.45, 2.75) is 6.61 Å². The van der Waals surface area contributed by atoms with Crippen molar-refractivity contribution in [2.24, 2.45) is 7.05 Å². The zero-order valence-corrected chi connectivity index (χ0v) is 9.74. The number of carbonyl (C=O) groups excluding carboxylic acids is 2. The summed E-state index contributed by atoms with van der Waals surface area (Å²) < 4.78 is 6.26. The number of carbonyl (C=O) groups is 2. The van der Waals surface area contributed by atoms with Gasteiger partial charge in [-0.2, -0.15) is 4.98 Å². The van der Waals surface area contributed by atoms with Gasteiger partial charge in [0.2, 0.25) is 0 Å². The zero-order valence-electron chi connectivity index (χ0n) is 9.74. The highest BCUT2D eigenvalue weighted by Gasteiger charge is 2.15. The number of benzene rings is 1. The molecule has 0 N–H and O–H groups in total. The fourth-order valence-electron chi connectivity index (χ4n) is 1.37. The molecule has 0 atom stereocenters. The molecule has 0 aliphatic rings. The standard InChI is InChI=1S/C12H11N3O3/c1-15-10(7-16)13-11(14-15)12(17)18-8-9-5-3-2-4-6-9/h2-7H,8H2,1H3. The SMILES string of the molecule is Cn1nc(C(=O)OCc2ccccc2)nc1C=O. The van der Waals surface area contributed by atoms with E-state index in [1.54, 1.807) is 0 Å². The summed E-state index contributed by atoms with van der Waals surface area (Å²) in [5.41, 5.74) is 0.873. The van der Waals surface area contributed by atoms with Gasteiger partial charge in [-0.1, -0.05) is 30.3 Å². The minimum absolute atomic E-state index is 0.0849. The maximum atomic E-state index is 11.6. The number of hydrogen-bond acceptors (Lipinski definition) is 5. The molecular formula is C12H11N3O3. The number of nitrogens with zero attached hydrogens (tertiary/aromatic N) is 3. The van der Waals surface area contributed by atoms with Crippen molar-refractivity contribution in [1.29, 1.82) is 0 Å². The van der Waals surface area contributed by atoms with E-state index in [0.717, 1.165) is 5.56 Å². The molecule has 2 rings (SSSR count). The predicted molar refractivity (Wildman–Crippen MR) is 62.0 cm³/mol. The highest BCUT2D eigenvalue weighted by molar-refractivity contribution is 5.86. The van der Waals surface area contributed by atoms with Crippen molar-refractivity contribution < 1.29 is 14.3 Å². The van der Waals surface area contributed by atoms with Gasteiger partial charge in [0, 0.05) is 7.05 Å². The summed E-state index contributed by atoms with van der Waals surface area (Å²) in [5, 5.41) is 3.79. The molecule has 18 heavy (non-hydrogen) atoms. The molecule has 0 bridgehead atoms. The molecule has 0 unspecified atom stereocenters. The number of aromatic nitrogens is 3. The average molecular weight is 245 g/mol. The highest BCUT2D eigenvalue weighted by atomic mass is 16.5. The fraction of sp³-hybridized carbons (Fsp3) is 0.167. The Morgan fingerprint density at radius 3 is 2.72 bits per heavy atom. The lowest BCUT2D eigenvalue weighted by atomic mass is 10.2. The Bertz CT molecular complexity index is 563. The molecule has 1 aromatic carbocycles. The molecule has 0 saturated heterocycles. The minimum atomic E-state index is -0.650. The Kier molecular flexibility index (Phi) is 3.47. The summed E-state index contributed by atoms with van der Waals surface area (Å²) in [7, 11) is 1.53. The van der Waals surface area contributed by atoms with Crippen molar-refractivity contribution in [3.05, 3.63) is 47.5 Å². The van der Waals surface area contributed by atoms with E-state index >= 15 is 0 Å². The molecule has 0 saturated carbocycles. The second-order valence-electron chi connectivity index (χ2n) is 3.60. The average Bonchev–Trinajstić information content (AvgIpc) is 2.78. The zero-order chi connectivity index (χ0) is 13.0. The predicted octanol–water partition coefficient (Wildman–Crippen LogP) is 0.985. The van der Waals surface area contributed by atoms with Crippen molar-refractivity contribution in [3.8, 4) is 0 Å². The summed E-state index contributed by atoms with van der Waals surface area (Å²) in [4.78, 5) is 25.9. The molecule has 0 aliphatic heterocycles. The van der Waals surface area contributed by atoms with Crippen molar-refractivity contribution in [1.82, 2.24) is 14.8 Å². The molecule has 6 nitrogen and oxygen atoms in total.